The van der Waals surface area contributed by atoms with Crippen molar-refractivity contribution in [1.29, 1.82) is 0 Å². The van der Waals surface area contributed by atoms with Crippen LogP contribution in [0.2, 0.25) is 0 Å². The number of quaternary nitrogens is 1. The van der Waals surface area contributed by atoms with Crippen molar-refractivity contribution in [2.75, 3.05) is 24.6 Å². The second-order valence-electron chi connectivity index (χ2n) is 9.49. The summed E-state index contributed by atoms with van der Waals surface area (Å²) in [6, 6.07) is 26.3. The molecule has 7 nitrogen and oxygen atoms in total. The highest BCUT2D eigenvalue weighted by Crippen LogP contribution is 2.30. The fourth-order valence-corrected chi connectivity index (χ4v) is 5.16. The molecule has 0 fully saturated rings. The van der Waals surface area contributed by atoms with Gasteiger partial charge in [0.15, 0.2) is 11.6 Å². The van der Waals surface area contributed by atoms with Gasteiger partial charge in [-0.1, -0.05) is 54.6 Å². The number of hydrogen-bond donors (Lipinski definition) is 2. The second kappa shape index (κ2) is 9.02. The third-order valence-corrected chi connectivity index (χ3v) is 7.04. The lowest BCUT2D eigenvalue weighted by molar-refractivity contribution is -0.950. The van der Waals surface area contributed by atoms with Crippen molar-refractivity contribution in [3.63, 3.8) is 0 Å². The van der Waals surface area contributed by atoms with Crippen LogP contribution >= 0.6 is 0 Å². The third-order valence-electron chi connectivity index (χ3n) is 7.04. The number of nitrogen functional groups attached to an aromatic ring is 2. The van der Waals surface area contributed by atoms with Crippen LogP contribution in [0.5, 0.6) is 0 Å². The number of rotatable bonds is 5. The number of nitrogens with zero attached hydrogens (tertiary/aromatic N) is 5. The van der Waals surface area contributed by atoms with E-state index in [2.05, 4.69) is 36.4 Å². The Kier molecular flexibility index (Phi) is 5.54. The van der Waals surface area contributed by atoms with Crippen molar-refractivity contribution in [1.82, 2.24) is 19.9 Å². The molecule has 5 aromatic rings. The molecule has 36 heavy (non-hydrogen) atoms. The largest absolute Gasteiger partial charge is 0.383 e. The monoisotopic (exact) mass is 474 g/mol. The highest BCUT2D eigenvalue weighted by Gasteiger charge is 2.33. The molecule has 3 aromatic carbocycles. The van der Waals surface area contributed by atoms with E-state index in [1.807, 2.05) is 48.5 Å². The first-order valence-electron chi connectivity index (χ1n) is 12.2. The minimum Gasteiger partial charge on any atom is -0.383 e. The van der Waals surface area contributed by atoms with Crippen molar-refractivity contribution in [2.24, 2.45) is 0 Å². The number of aromatic nitrogens is 4. The molecule has 6 rings (SSSR count). The summed E-state index contributed by atoms with van der Waals surface area (Å²) in [6.07, 6.45) is 3.28. The average Bonchev–Trinajstić information content (AvgIpc) is 2.90. The van der Waals surface area contributed by atoms with Gasteiger partial charge in [-0.3, -0.25) is 0 Å². The molecular formula is C29H28N7+. The van der Waals surface area contributed by atoms with Gasteiger partial charge in [-0.25, -0.2) is 19.9 Å². The van der Waals surface area contributed by atoms with Crippen LogP contribution in [0.1, 0.15) is 23.6 Å². The molecule has 0 saturated carbocycles. The zero-order valence-electron chi connectivity index (χ0n) is 20.0. The molecule has 2 aromatic heterocycles. The van der Waals surface area contributed by atoms with Gasteiger partial charge in [0.1, 0.15) is 24.7 Å². The third kappa shape index (κ3) is 4.25. The SMILES string of the molecule is Nc1nc(C[N+]2(Cc3nc(N)c4ccccc4n3)CC=C(c3ccccc3)CC2)nc2ccccc12. The molecule has 3 heterocycles. The average molecular weight is 475 g/mol. The van der Waals surface area contributed by atoms with E-state index in [1.165, 1.54) is 11.1 Å². The maximum Gasteiger partial charge on any atom is 0.186 e. The van der Waals surface area contributed by atoms with Gasteiger partial charge in [0.25, 0.3) is 0 Å². The summed E-state index contributed by atoms with van der Waals surface area (Å²) in [4.78, 5) is 19.1. The molecule has 0 radical (unpaired) electrons. The summed E-state index contributed by atoms with van der Waals surface area (Å²) in [6.45, 7) is 2.98. The van der Waals surface area contributed by atoms with E-state index in [1.54, 1.807) is 0 Å². The number of nitrogens with two attached hydrogens (primary N) is 2. The normalized spacial score (nSPS) is 15.2. The Bertz CT molecular complexity index is 1510. The van der Waals surface area contributed by atoms with E-state index in [9.17, 15) is 0 Å². The Hall–Kier alpha value is -4.36. The molecule has 0 saturated heterocycles. The van der Waals surface area contributed by atoms with E-state index in [0.29, 0.717) is 29.2 Å². The summed E-state index contributed by atoms with van der Waals surface area (Å²) in [5.74, 6) is 2.49. The Morgan fingerprint density at radius 3 is 1.69 bits per heavy atom. The summed E-state index contributed by atoms with van der Waals surface area (Å²) in [7, 11) is 0. The van der Waals surface area contributed by atoms with Gasteiger partial charge < -0.3 is 16.0 Å². The number of fused-ring (bicyclic) bond motifs is 2. The molecule has 1 aliphatic rings. The molecule has 4 N–H and O–H groups in total. The maximum atomic E-state index is 6.33. The molecule has 0 atom stereocenters. The van der Waals surface area contributed by atoms with E-state index in [0.717, 1.165) is 53.0 Å². The first kappa shape index (κ1) is 22.1. The van der Waals surface area contributed by atoms with Crippen molar-refractivity contribution in [3.05, 3.63) is 102 Å². The quantitative estimate of drug-likeness (QED) is 0.357. The first-order valence-corrected chi connectivity index (χ1v) is 12.2. The summed E-state index contributed by atoms with van der Waals surface area (Å²) in [5.41, 5.74) is 17.0. The van der Waals surface area contributed by atoms with Crippen molar-refractivity contribution < 1.29 is 4.48 Å². The fourth-order valence-electron chi connectivity index (χ4n) is 5.16. The van der Waals surface area contributed by atoms with E-state index < -0.39 is 0 Å². The van der Waals surface area contributed by atoms with Crippen molar-refractivity contribution >= 4 is 39.0 Å². The lowest BCUT2D eigenvalue weighted by Crippen LogP contribution is -2.50. The summed E-state index contributed by atoms with van der Waals surface area (Å²) >= 11 is 0. The molecule has 0 aliphatic carbocycles. The standard InChI is InChI=1S/C29H28N7/c30-28-22-10-4-6-12-24(22)32-26(34-28)18-36(16-14-21(15-17-36)20-8-2-1-3-9-20)19-27-33-25-13-7-5-11-23(25)29(31)35-27/h1-14H,15-19H2,(H2,30,32,34)(H2,31,33,35)/q+1. The Morgan fingerprint density at radius 2 is 1.17 bits per heavy atom. The number of hydrogen-bond acceptors (Lipinski definition) is 6. The molecule has 178 valence electrons. The zero-order chi connectivity index (χ0) is 24.5. The Morgan fingerprint density at radius 1 is 0.639 bits per heavy atom. The number of para-hydroxylation sites is 2. The van der Waals surface area contributed by atoms with Gasteiger partial charge in [-0.15, -0.1) is 0 Å². The van der Waals surface area contributed by atoms with Gasteiger partial charge in [0.2, 0.25) is 0 Å². The van der Waals surface area contributed by atoms with Crippen molar-refractivity contribution in [2.45, 2.75) is 19.5 Å². The Labute approximate surface area is 209 Å². The fraction of sp³-hybridized carbons (Fsp3) is 0.172. The summed E-state index contributed by atoms with van der Waals surface area (Å²) in [5, 5.41) is 1.76. The van der Waals surface area contributed by atoms with Crippen LogP contribution in [0.15, 0.2) is 84.9 Å². The highest BCUT2D eigenvalue weighted by molar-refractivity contribution is 5.88. The van der Waals surface area contributed by atoms with Crippen molar-refractivity contribution in [3.8, 4) is 0 Å². The summed E-state index contributed by atoms with van der Waals surface area (Å²) < 4.78 is 0.700. The minimum absolute atomic E-state index is 0.512. The molecule has 1 aliphatic heterocycles. The smallest absolute Gasteiger partial charge is 0.186 e. The predicted molar refractivity (Wildman–Crippen MR) is 144 cm³/mol. The van der Waals surface area contributed by atoms with Crippen LogP contribution in [0.4, 0.5) is 11.6 Å². The maximum absolute atomic E-state index is 6.33. The van der Waals surface area contributed by atoms with Crippen LogP contribution in [-0.2, 0) is 13.1 Å². The van der Waals surface area contributed by atoms with Crippen LogP contribution in [-0.4, -0.2) is 37.5 Å². The van der Waals surface area contributed by atoms with Gasteiger partial charge in [0.05, 0.1) is 24.1 Å². The van der Waals surface area contributed by atoms with Crippen LogP contribution in [0.25, 0.3) is 27.4 Å². The van der Waals surface area contributed by atoms with E-state index in [-0.39, 0.29) is 0 Å². The highest BCUT2D eigenvalue weighted by atomic mass is 15.4. The van der Waals surface area contributed by atoms with E-state index >= 15 is 0 Å². The predicted octanol–water partition coefficient (Wildman–Crippen LogP) is 4.74. The number of benzene rings is 3. The van der Waals surface area contributed by atoms with Gasteiger partial charge in [-0.2, -0.15) is 0 Å². The lowest BCUT2D eigenvalue weighted by atomic mass is 9.97. The van der Waals surface area contributed by atoms with Crippen LogP contribution in [0, 0.1) is 0 Å². The molecule has 0 amide bonds. The van der Waals surface area contributed by atoms with Gasteiger partial charge in [0, 0.05) is 17.2 Å². The molecular weight excluding hydrogens is 446 g/mol. The molecule has 0 bridgehead atoms. The molecule has 0 unspecified atom stereocenters. The minimum atomic E-state index is 0.512. The Balaban J connectivity index is 1.39. The van der Waals surface area contributed by atoms with Gasteiger partial charge >= 0.3 is 0 Å². The second-order valence-corrected chi connectivity index (χ2v) is 9.49. The molecule has 0 spiro atoms. The van der Waals surface area contributed by atoms with Crippen LogP contribution in [0.3, 0.4) is 0 Å². The lowest BCUT2D eigenvalue weighted by Gasteiger charge is -2.40. The van der Waals surface area contributed by atoms with Gasteiger partial charge in [-0.05, 0) is 41.5 Å². The number of anilines is 2. The topological polar surface area (TPSA) is 104 Å². The van der Waals surface area contributed by atoms with Crippen LogP contribution < -0.4 is 11.5 Å². The molecule has 7 heteroatoms. The van der Waals surface area contributed by atoms with E-state index in [4.69, 9.17) is 31.4 Å². The zero-order valence-corrected chi connectivity index (χ0v) is 20.0. The first-order chi connectivity index (χ1) is 17.6.